The number of pyridine rings is 1. The second-order valence-electron chi connectivity index (χ2n) is 4.61. The number of hydrogen-bond acceptors (Lipinski definition) is 3. The highest BCUT2D eigenvalue weighted by Crippen LogP contribution is 2.05. The average Bonchev–Trinajstić information content (AvgIpc) is 2.28. The average molecular weight is 236 g/mol. The molecule has 0 saturated heterocycles. The molecule has 17 heavy (non-hydrogen) atoms. The third-order valence-corrected chi connectivity index (χ3v) is 2.46. The lowest BCUT2D eigenvalue weighted by molar-refractivity contribution is -0.121. The van der Waals surface area contributed by atoms with E-state index in [9.17, 15) is 4.79 Å². The monoisotopic (exact) mass is 236 g/mol. The Morgan fingerprint density at radius 2 is 2.06 bits per heavy atom. The fraction of sp³-hybridized carbons (Fsp3) is 0.538. The predicted octanol–water partition coefficient (Wildman–Crippen LogP) is 1.15. The van der Waals surface area contributed by atoms with E-state index in [4.69, 9.17) is 5.11 Å². The van der Waals surface area contributed by atoms with Crippen molar-refractivity contribution in [1.82, 2.24) is 10.3 Å². The van der Waals surface area contributed by atoms with Gasteiger partial charge in [0.2, 0.25) is 5.91 Å². The van der Waals surface area contributed by atoms with E-state index in [0.29, 0.717) is 12.3 Å². The molecule has 0 aromatic carbocycles. The second-order valence-corrected chi connectivity index (χ2v) is 4.61. The number of amides is 1. The van der Waals surface area contributed by atoms with Gasteiger partial charge in [-0.3, -0.25) is 9.78 Å². The summed E-state index contributed by atoms with van der Waals surface area (Å²) in [6, 6.07) is 3.48. The van der Waals surface area contributed by atoms with Crippen LogP contribution in [0.3, 0.4) is 0 Å². The van der Waals surface area contributed by atoms with Crippen molar-refractivity contribution in [1.29, 1.82) is 0 Å². The van der Waals surface area contributed by atoms with Gasteiger partial charge in [0.1, 0.15) is 0 Å². The summed E-state index contributed by atoms with van der Waals surface area (Å²) in [7, 11) is 0. The van der Waals surface area contributed by atoms with Crippen LogP contribution in [-0.2, 0) is 11.2 Å². The van der Waals surface area contributed by atoms with Gasteiger partial charge in [-0.15, -0.1) is 0 Å². The molecule has 4 nitrogen and oxygen atoms in total. The quantitative estimate of drug-likeness (QED) is 0.778. The van der Waals surface area contributed by atoms with Gasteiger partial charge in [0.05, 0.1) is 19.1 Å². The molecule has 1 rings (SSSR count). The fourth-order valence-corrected chi connectivity index (χ4v) is 1.71. The van der Waals surface area contributed by atoms with Crippen molar-refractivity contribution in [3.63, 3.8) is 0 Å². The Balaban J connectivity index is 2.43. The minimum Gasteiger partial charge on any atom is -0.394 e. The van der Waals surface area contributed by atoms with Crippen molar-refractivity contribution in [3.8, 4) is 0 Å². The Kier molecular flexibility index (Phi) is 5.63. The lowest BCUT2D eigenvalue weighted by Crippen LogP contribution is -2.39. The summed E-state index contributed by atoms with van der Waals surface area (Å²) < 4.78 is 0. The minimum absolute atomic E-state index is 0.0136. The molecular weight excluding hydrogens is 216 g/mol. The molecule has 0 saturated carbocycles. The van der Waals surface area contributed by atoms with Gasteiger partial charge in [-0.1, -0.05) is 13.8 Å². The standard InChI is InChI=1S/C13H20N2O2/c1-10(2)7-12(9-16)15-13(17)8-11-3-5-14-6-4-11/h3-6,10,12,16H,7-9H2,1-2H3,(H,15,17)/t12-/m0/s1. The molecule has 1 aromatic rings. The zero-order valence-electron chi connectivity index (χ0n) is 10.4. The summed E-state index contributed by atoms with van der Waals surface area (Å²) >= 11 is 0. The summed E-state index contributed by atoms with van der Waals surface area (Å²) in [6.07, 6.45) is 4.45. The van der Waals surface area contributed by atoms with Crippen LogP contribution in [0.4, 0.5) is 0 Å². The predicted molar refractivity (Wildman–Crippen MR) is 66.4 cm³/mol. The first-order valence-electron chi connectivity index (χ1n) is 5.91. The number of aliphatic hydroxyl groups is 1. The molecule has 0 aliphatic heterocycles. The van der Waals surface area contributed by atoms with Crippen molar-refractivity contribution in [2.24, 2.45) is 5.92 Å². The number of nitrogens with zero attached hydrogens (tertiary/aromatic N) is 1. The molecule has 1 amide bonds. The van der Waals surface area contributed by atoms with Crippen LogP contribution in [0.1, 0.15) is 25.8 Å². The first-order valence-corrected chi connectivity index (χ1v) is 5.91. The molecule has 0 radical (unpaired) electrons. The Bertz CT molecular complexity index is 339. The van der Waals surface area contributed by atoms with Crippen molar-refractivity contribution >= 4 is 5.91 Å². The molecule has 94 valence electrons. The lowest BCUT2D eigenvalue weighted by Gasteiger charge is -2.18. The third kappa shape index (κ3) is 5.45. The van der Waals surface area contributed by atoms with E-state index in [0.717, 1.165) is 12.0 Å². The van der Waals surface area contributed by atoms with E-state index in [2.05, 4.69) is 24.1 Å². The molecule has 1 aromatic heterocycles. The maximum Gasteiger partial charge on any atom is 0.224 e. The highest BCUT2D eigenvalue weighted by molar-refractivity contribution is 5.78. The maximum absolute atomic E-state index is 11.7. The smallest absolute Gasteiger partial charge is 0.224 e. The van der Waals surface area contributed by atoms with Gasteiger partial charge >= 0.3 is 0 Å². The molecule has 0 unspecified atom stereocenters. The molecule has 0 aliphatic rings. The van der Waals surface area contributed by atoms with Crippen LogP contribution in [-0.4, -0.2) is 28.6 Å². The molecule has 0 bridgehead atoms. The van der Waals surface area contributed by atoms with E-state index in [1.807, 2.05) is 12.1 Å². The number of carbonyl (C=O) groups is 1. The Labute approximate surface area is 102 Å². The molecule has 2 N–H and O–H groups in total. The number of aromatic nitrogens is 1. The van der Waals surface area contributed by atoms with Crippen molar-refractivity contribution in [3.05, 3.63) is 30.1 Å². The van der Waals surface area contributed by atoms with Gasteiger partial charge in [0, 0.05) is 12.4 Å². The minimum atomic E-state index is -0.149. The van der Waals surface area contributed by atoms with E-state index in [1.54, 1.807) is 12.4 Å². The van der Waals surface area contributed by atoms with Gasteiger partial charge in [-0.2, -0.15) is 0 Å². The SMILES string of the molecule is CC(C)C[C@@H](CO)NC(=O)Cc1ccncc1. The van der Waals surface area contributed by atoms with Crippen LogP contribution >= 0.6 is 0 Å². The van der Waals surface area contributed by atoms with E-state index in [-0.39, 0.29) is 18.6 Å². The van der Waals surface area contributed by atoms with E-state index in [1.165, 1.54) is 0 Å². The topological polar surface area (TPSA) is 62.2 Å². The van der Waals surface area contributed by atoms with Gasteiger partial charge in [0.25, 0.3) is 0 Å². The van der Waals surface area contributed by atoms with E-state index >= 15 is 0 Å². The van der Waals surface area contributed by atoms with Crippen molar-refractivity contribution in [2.75, 3.05) is 6.61 Å². The van der Waals surface area contributed by atoms with Gasteiger partial charge in [-0.25, -0.2) is 0 Å². The number of hydrogen-bond donors (Lipinski definition) is 2. The number of carbonyl (C=O) groups excluding carboxylic acids is 1. The molecule has 0 spiro atoms. The van der Waals surface area contributed by atoms with Crippen LogP contribution in [0.25, 0.3) is 0 Å². The molecule has 0 fully saturated rings. The highest BCUT2D eigenvalue weighted by atomic mass is 16.3. The normalized spacial score (nSPS) is 12.5. The number of rotatable bonds is 6. The summed E-state index contributed by atoms with van der Waals surface area (Å²) in [5.41, 5.74) is 0.929. The van der Waals surface area contributed by atoms with Gasteiger partial charge in [0.15, 0.2) is 0 Å². The first kappa shape index (κ1) is 13.6. The summed E-state index contributed by atoms with van der Waals surface area (Å²) in [4.78, 5) is 15.6. The molecule has 4 heteroatoms. The lowest BCUT2D eigenvalue weighted by atomic mass is 10.0. The van der Waals surface area contributed by atoms with Crippen LogP contribution in [0.15, 0.2) is 24.5 Å². The second kappa shape index (κ2) is 7.01. The van der Waals surface area contributed by atoms with Crippen LogP contribution in [0.2, 0.25) is 0 Å². The number of aliphatic hydroxyl groups excluding tert-OH is 1. The first-order chi connectivity index (χ1) is 8.11. The third-order valence-electron chi connectivity index (χ3n) is 2.46. The Morgan fingerprint density at radius 1 is 1.41 bits per heavy atom. The fourth-order valence-electron chi connectivity index (χ4n) is 1.71. The van der Waals surface area contributed by atoms with E-state index < -0.39 is 0 Å². The molecular formula is C13H20N2O2. The number of nitrogens with one attached hydrogen (secondary N) is 1. The summed E-state index contributed by atoms with van der Waals surface area (Å²) in [5, 5.41) is 12.0. The van der Waals surface area contributed by atoms with Crippen LogP contribution in [0, 0.1) is 5.92 Å². The maximum atomic E-state index is 11.7. The summed E-state index contributed by atoms with van der Waals surface area (Å²) in [5.74, 6) is 0.393. The van der Waals surface area contributed by atoms with Crippen LogP contribution in [0.5, 0.6) is 0 Å². The van der Waals surface area contributed by atoms with Gasteiger partial charge in [-0.05, 0) is 30.0 Å². The zero-order chi connectivity index (χ0) is 12.7. The molecule has 1 heterocycles. The van der Waals surface area contributed by atoms with Crippen LogP contribution < -0.4 is 5.32 Å². The summed E-state index contributed by atoms with van der Waals surface area (Å²) in [6.45, 7) is 4.12. The Hall–Kier alpha value is -1.42. The van der Waals surface area contributed by atoms with Crippen molar-refractivity contribution in [2.45, 2.75) is 32.7 Å². The largest absolute Gasteiger partial charge is 0.394 e. The zero-order valence-corrected chi connectivity index (χ0v) is 10.4. The molecule has 1 atom stereocenters. The van der Waals surface area contributed by atoms with Crippen molar-refractivity contribution < 1.29 is 9.90 Å². The van der Waals surface area contributed by atoms with Gasteiger partial charge < -0.3 is 10.4 Å². The molecule has 0 aliphatic carbocycles. The highest BCUT2D eigenvalue weighted by Gasteiger charge is 2.13. The Morgan fingerprint density at radius 3 is 2.59 bits per heavy atom.